The molecule has 0 fully saturated rings. The van der Waals surface area contributed by atoms with Crippen LogP contribution >= 0.6 is 12.4 Å². The molecule has 1 aliphatic rings. The lowest BCUT2D eigenvalue weighted by atomic mass is 10.0. The van der Waals surface area contributed by atoms with Crippen LogP contribution in [-0.4, -0.2) is 17.9 Å². The van der Waals surface area contributed by atoms with E-state index in [2.05, 4.69) is 5.32 Å². The van der Waals surface area contributed by atoms with Gasteiger partial charge in [-0.05, 0) is 48.4 Å². The molecule has 3 nitrogen and oxygen atoms in total. The molecule has 0 bridgehead atoms. The Balaban J connectivity index is 0.00000208. The van der Waals surface area contributed by atoms with Gasteiger partial charge in [0.1, 0.15) is 11.6 Å². The molecule has 2 aromatic carbocycles. The Kier molecular flexibility index (Phi) is 5.57. The lowest BCUT2D eigenvalue weighted by Gasteiger charge is -2.26. The number of hydrogen-bond acceptors (Lipinski definition) is 2. The number of carbonyl (C=O) groups excluding carboxylic acids is 1. The Labute approximate surface area is 146 Å². The van der Waals surface area contributed by atoms with Crippen molar-refractivity contribution in [1.82, 2.24) is 10.2 Å². The Morgan fingerprint density at radius 3 is 2.58 bits per heavy atom. The first kappa shape index (κ1) is 18.4. The molecule has 0 saturated heterocycles. The van der Waals surface area contributed by atoms with Crippen LogP contribution in [0, 0.1) is 11.6 Å². The summed E-state index contributed by atoms with van der Waals surface area (Å²) < 4.78 is 27.3. The molecule has 0 saturated carbocycles. The molecule has 24 heavy (non-hydrogen) atoms. The molecular weight excluding hydrogens is 334 g/mol. The van der Waals surface area contributed by atoms with Crippen LogP contribution in [0.25, 0.3) is 0 Å². The Morgan fingerprint density at radius 1 is 1.12 bits per heavy atom. The van der Waals surface area contributed by atoms with E-state index in [-0.39, 0.29) is 23.9 Å². The van der Waals surface area contributed by atoms with E-state index in [1.807, 2.05) is 12.1 Å². The van der Waals surface area contributed by atoms with E-state index in [1.165, 1.54) is 10.5 Å². The first-order valence-corrected chi connectivity index (χ1v) is 7.52. The summed E-state index contributed by atoms with van der Waals surface area (Å²) in [5, 5.41) is 3.23. The maximum atomic E-state index is 13.9. The van der Waals surface area contributed by atoms with Crippen molar-refractivity contribution in [2.75, 3.05) is 7.05 Å². The second-order valence-electron chi connectivity index (χ2n) is 5.84. The van der Waals surface area contributed by atoms with Crippen molar-refractivity contribution in [1.29, 1.82) is 0 Å². The largest absolute Gasteiger partial charge is 0.335 e. The number of fused-ring (bicyclic) bond motifs is 1. The molecule has 0 aromatic heterocycles. The highest BCUT2D eigenvalue weighted by Gasteiger charge is 2.23. The Morgan fingerprint density at radius 2 is 1.83 bits per heavy atom. The third-order valence-corrected chi connectivity index (χ3v) is 4.39. The van der Waals surface area contributed by atoms with Gasteiger partial charge in [0.05, 0.1) is 6.04 Å². The van der Waals surface area contributed by atoms with E-state index in [4.69, 9.17) is 0 Å². The van der Waals surface area contributed by atoms with Crippen LogP contribution < -0.4 is 5.32 Å². The zero-order valence-electron chi connectivity index (χ0n) is 13.5. The van der Waals surface area contributed by atoms with E-state index in [0.717, 1.165) is 36.9 Å². The van der Waals surface area contributed by atoms with Gasteiger partial charge in [-0.1, -0.05) is 6.07 Å². The molecule has 128 valence electrons. The van der Waals surface area contributed by atoms with Gasteiger partial charge in [-0.25, -0.2) is 8.78 Å². The van der Waals surface area contributed by atoms with Crippen molar-refractivity contribution in [3.8, 4) is 0 Å². The predicted octanol–water partition coefficient (Wildman–Crippen LogP) is 3.82. The zero-order valence-corrected chi connectivity index (χ0v) is 14.3. The van der Waals surface area contributed by atoms with Gasteiger partial charge in [0.2, 0.25) is 0 Å². The van der Waals surface area contributed by atoms with Crippen LogP contribution in [0.3, 0.4) is 0 Å². The minimum Gasteiger partial charge on any atom is -0.335 e. The molecule has 2 aromatic rings. The van der Waals surface area contributed by atoms with Crippen LogP contribution in [0.4, 0.5) is 8.78 Å². The number of halogens is 3. The number of benzene rings is 2. The van der Waals surface area contributed by atoms with Crippen LogP contribution in [0.1, 0.15) is 40.0 Å². The van der Waals surface area contributed by atoms with Gasteiger partial charge in [-0.15, -0.1) is 12.4 Å². The third-order valence-electron chi connectivity index (χ3n) is 4.39. The summed E-state index contributed by atoms with van der Waals surface area (Å²) >= 11 is 0. The van der Waals surface area contributed by atoms with Crippen LogP contribution in [0.2, 0.25) is 0 Å². The van der Waals surface area contributed by atoms with Gasteiger partial charge < -0.3 is 10.2 Å². The highest BCUT2D eigenvalue weighted by molar-refractivity contribution is 5.94. The molecule has 1 amide bonds. The van der Waals surface area contributed by atoms with Gasteiger partial charge in [0, 0.05) is 31.3 Å². The molecule has 1 aliphatic heterocycles. The minimum atomic E-state index is -0.565. The zero-order chi connectivity index (χ0) is 16.6. The average molecular weight is 353 g/mol. The summed E-state index contributed by atoms with van der Waals surface area (Å²) in [6.45, 7) is 3.24. The molecule has 0 aliphatic carbocycles. The number of amides is 1. The molecule has 1 atom stereocenters. The summed E-state index contributed by atoms with van der Waals surface area (Å²) in [6, 6.07) is 8.30. The molecular formula is C18H19ClF2N2O. The molecule has 0 spiro atoms. The lowest BCUT2D eigenvalue weighted by molar-refractivity contribution is 0.0740. The monoisotopic (exact) mass is 352 g/mol. The number of carbonyl (C=O) groups is 1. The standard InChI is InChI=1S/C18H18F2N2O.ClH/c1-11(16-8-15(19)5-6-17(16)20)22(2)18(23)12-3-4-13-9-21-10-14(13)7-12;/h3-8,11,21H,9-10H2,1-2H3;1H. The van der Waals surface area contributed by atoms with Crippen LogP contribution in [0.5, 0.6) is 0 Å². The average Bonchev–Trinajstić information content (AvgIpc) is 3.02. The van der Waals surface area contributed by atoms with E-state index in [0.29, 0.717) is 5.56 Å². The summed E-state index contributed by atoms with van der Waals surface area (Å²) in [5.41, 5.74) is 3.02. The number of rotatable bonds is 3. The second kappa shape index (κ2) is 7.28. The van der Waals surface area contributed by atoms with Gasteiger partial charge in [0.15, 0.2) is 0 Å². The number of nitrogens with one attached hydrogen (secondary N) is 1. The van der Waals surface area contributed by atoms with Crippen molar-refractivity contribution in [2.45, 2.75) is 26.1 Å². The van der Waals surface area contributed by atoms with Crippen molar-refractivity contribution < 1.29 is 13.6 Å². The molecule has 1 heterocycles. The number of hydrogen-bond donors (Lipinski definition) is 1. The highest BCUT2D eigenvalue weighted by atomic mass is 35.5. The summed E-state index contributed by atoms with van der Waals surface area (Å²) in [7, 11) is 1.60. The fourth-order valence-electron chi connectivity index (χ4n) is 2.85. The van der Waals surface area contributed by atoms with Crippen LogP contribution in [0.15, 0.2) is 36.4 Å². The fourth-order valence-corrected chi connectivity index (χ4v) is 2.85. The minimum absolute atomic E-state index is 0. The molecule has 1 unspecified atom stereocenters. The summed E-state index contributed by atoms with van der Waals surface area (Å²) in [6.07, 6.45) is 0. The van der Waals surface area contributed by atoms with E-state index in [9.17, 15) is 13.6 Å². The third kappa shape index (κ3) is 3.42. The maximum absolute atomic E-state index is 13.9. The molecule has 1 N–H and O–H groups in total. The first-order chi connectivity index (χ1) is 11.0. The van der Waals surface area contributed by atoms with Crippen molar-refractivity contribution in [3.05, 3.63) is 70.3 Å². The number of nitrogens with zero attached hydrogens (tertiary/aromatic N) is 1. The first-order valence-electron chi connectivity index (χ1n) is 7.52. The Bertz CT molecular complexity index is 767. The van der Waals surface area contributed by atoms with Gasteiger partial charge in [-0.3, -0.25) is 4.79 Å². The van der Waals surface area contributed by atoms with Gasteiger partial charge >= 0.3 is 0 Å². The maximum Gasteiger partial charge on any atom is 0.254 e. The van der Waals surface area contributed by atoms with E-state index < -0.39 is 17.7 Å². The van der Waals surface area contributed by atoms with Gasteiger partial charge in [0.25, 0.3) is 5.91 Å². The topological polar surface area (TPSA) is 32.3 Å². The SMILES string of the molecule is CC(c1cc(F)ccc1F)N(C)C(=O)c1ccc2c(c1)CNC2.Cl. The second-order valence-corrected chi connectivity index (χ2v) is 5.84. The lowest BCUT2D eigenvalue weighted by Crippen LogP contribution is -2.30. The van der Waals surface area contributed by atoms with Crippen LogP contribution in [-0.2, 0) is 13.1 Å². The normalized spacial score (nSPS) is 13.8. The quantitative estimate of drug-likeness (QED) is 0.910. The Hall–Kier alpha value is -1.98. The molecule has 0 radical (unpaired) electrons. The highest BCUT2D eigenvalue weighted by Crippen LogP contribution is 2.25. The predicted molar refractivity (Wildman–Crippen MR) is 91.1 cm³/mol. The smallest absolute Gasteiger partial charge is 0.254 e. The van der Waals surface area contributed by atoms with E-state index in [1.54, 1.807) is 20.0 Å². The van der Waals surface area contributed by atoms with E-state index >= 15 is 0 Å². The van der Waals surface area contributed by atoms with Crippen molar-refractivity contribution >= 4 is 18.3 Å². The molecule has 6 heteroatoms. The summed E-state index contributed by atoms with van der Waals surface area (Å²) in [5.74, 6) is -1.25. The van der Waals surface area contributed by atoms with Crippen molar-refractivity contribution in [2.24, 2.45) is 0 Å². The fraction of sp³-hybridized carbons (Fsp3) is 0.278. The van der Waals surface area contributed by atoms with Gasteiger partial charge in [-0.2, -0.15) is 0 Å². The summed E-state index contributed by atoms with van der Waals surface area (Å²) in [4.78, 5) is 14.1. The van der Waals surface area contributed by atoms with Crippen molar-refractivity contribution in [3.63, 3.8) is 0 Å². The molecule has 3 rings (SSSR count).